The number of halogens is 1. The first-order valence-corrected chi connectivity index (χ1v) is 8.75. The van der Waals surface area contributed by atoms with E-state index in [-0.39, 0.29) is 6.04 Å². The molecule has 0 saturated heterocycles. The molecule has 0 radical (unpaired) electrons. The molecule has 0 bridgehead atoms. The van der Waals surface area contributed by atoms with E-state index in [0.717, 1.165) is 18.9 Å². The van der Waals surface area contributed by atoms with E-state index in [1.807, 2.05) is 0 Å². The highest BCUT2D eigenvalue weighted by atomic mass is 79.9. The molecule has 1 saturated carbocycles. The molecule has 1 aromatic rings. The molecule has 0 spiro atoms. The number of unbranched alkanes of at least 4 members (excludes halogenated alkanes) is 1. The summed E-state index contributed by atoms with van der Waals surface area (Å²) >= 11 is 3.73. The molecule has 0 amide bonds. The molecule has 2 nitrogen and oxygen atoms in total. The van der Waals surface area contributed by atoms with E-state index < -0.39 is 0 Å². The minimum absolute atomic E-state index is 0.261. The van der Waals surface area contributed by atoms with E-state index in [9.17, 15) is 0 Å². The van der Waals surface area contributed by atoms with E-state index in [4.69, 9.17) is 5.73 Å². The zero-order valence-electron chi connectivity index (χ0n) is 12.7. The summed E-state index contributed by atoms with van der Waals surface area (Å²) in [4.78, 5) is 2.58. The second-order valence-electron chi connectivity index (χ2n) is 5.93. The lowest BCUT2D eigenvalue weighted by Gasteiger charge is -2.25. The maximum Gasteiger partial charge on any atom is 0.0380 e. The molecule has 0 heterocycles. The average molecular weight is 339 g/mol. The van der Waals surface area contributed by atoms with Crippen molar-refractivity contribution in [3.8, 4) is 0 Å². The third-order valence-corrected chi connectivity index (χ3v) is 4.85. The SMILES string of the molecule is CCCCN(c1ccc(CC(N)CC)c(Br)c1)C1CC1. The number of nitrogens with zero attached hydrogens (tertiary/aromatic N) is 1. The number of hydrogen-bond acceptors (Lipinski definition) is 2. The van der Waals surface area contributed by atoms with Crippen molar-refractivity contribution in [2.45, 2.75) is 64.5 Å². The van der Waals surface area contributed by atoms with Crippen molar-refractivity contribution in [1.29, 1.82) is 0 Å². The first-order chi connectivity index (χ1) is 9.65. The van der Waals surface area contributed by atoms with Gasteiger partial charge in [0.25, 0.3) is 0 Å². The summed E-state index contributed by atoms with van der Waals surface area (Å²) < 4.78 is 1.21. The second kappa shape index (κ2) is 7.46. The molecule has 2 N–H and O–H groups in total. The van der Waals surface area contributed by atoms with Crippen LogP contribution >= 0.6 is 15.9 Å². The monoisotopic (exact) mass is 338 g/mol. The van der Waals surface area contributed by atoms with E-state index in [1.54, 1.807) is 0 Å². The lowest BCUT2D eigenvalue weighted by atomic mass is 10.0. The highest BCUT2D eigenvalue weighted by Crippen LogP contribution is 2.34. The van der Waals surface area contributed by atoms with E-state index in [0.29, 0.717) is 0 Å². The number of nitrogens with two attached hydrogens (primary N) is 1. The van der Waals surface area contributed by atoms with Gasteiger partial charge in [0, 0.05) is 28.8 Å². The van der Waals surface area contributed by atoms with Crippen molar-refractivity contribution in [3.63, 3.8) is 0 Å². The van der Waals surface area contributed by atoms with Crippen LogP contribution in [-0.2, 0) is 6.42 Å². The first kappa shape index (κ1) is 15.8. The van der Waals surface area contributed by atoms with Gasteiger partial charge in [-0.2, -0.15) is 0 Å². The number of benzene rings is 1. The summed E-state index contributed by atoms with van der Waals surface area (Å²) in [6.45, 7) is 5.59. The van der Waals surface area contributed by atoms with Crippen LogP contribution in [0.2, 0.25) is 0 Å². The zero-order chi connectivity index (χ0) is 14.5. The van der Waals surface area contributed by atoms with Crippen LogP contribution in [0.25, 0.3) is 0 Å². The Labute approximate surface area is 131 Å². The van der Waals surface area contributed by atoms with E-state index in [1.165, 1.54) is 48.0 Å². The van der Waals surface area contributed by atoms with Gasteiger partial charge in [0.15, 0.2) is 0 Å². The summed E-state index contributed by atoms with van der Waals surface area (Å²) in [5, 5.41) is 0. The van der Waals surface area contributed by atoms with Crippen molar-refractivity contribution in [3.05, 3.63) is 28.2 Å². The van der Waals surface area contributed by atoms with Crippen LogP contribution in [0, 0.1) is 0 Å². The van der Waals surface area contributed by atoms with Crippen LogP contribution < -0.4 is 10.6 Å². The predicted octanol–water partition coefficient (Wildman–Crippen LogP) is 4.50. The lowest BCUT2D eigenvalue weighted by Crippen LogP contribution is -2.27. The summed E-state index contributed by atoms with van der Waals surface area (Å²) in [5.41, 5.74) is 8.76. The first-order valence-electron chi connectivity index (χ1n) is 7.96. The standard InChI is InChI=1S/C17H27BrN2/c1-3-5-10-20(15-8-9-15)16-7-6-13(17(18)12-16)11-14(19)4-2/h6-7,12,14-15H,3-5,8-11,19H2,1-2H3. The highest BCUT2D eigenvalue weighted by molar-refractivity contribution is 9.10. The molecule has 0 aromatic heterocycles. The van der Waals surface area contributed by atoms with E-state index in [2.05, 4.69) is 52.9 Å². The van der Waals surface area contributed by atoms with Gasteiger partial charge in [0.2, 0.25) is 0 Å². The van der Waals surface area contributed by atoms with Crippen LogP contribution in [-0.4, -0.2) is 18.6 Å². The molecule has 1 aliphatic carbocycles. The fourth-order valence-electron chi connectivity index (χ4n) is 2.54. The van der Waals surface area contributed by atoms with Crippen LogP contribution in [0.15, 0.2) is 22.7 Å². The zero-order valence-corrected chi connectivity index (χ0v) is 14.3. The lowest BCUT2D eigenvalue weighted by molar-refractivity contribution is 0.645. The number of hydrogen-bond donors (Lipinski definition) is 1. The molecule has 1 fully saturated rings. The van der Waals surface area contributed by atoms with Gasteiger partial charge in [-0.25, -0.2) is 0 Å². The van der Waals surface area contributed by atoms with Crippen molar-refractivity contribution in [2.24, 2.45) is 5.73 Å². The fourth-order valence-corrected chi connectivity index (χ4v) is 3.07. The number of rotatable bonds is 8. The van der Waals surface area contributed by atoms with Crippen molar-refractivity contribution in [1.82, 2.24) is 0 Å². The molecule has 20 heavy (non-hydrogen) atoms. The maximum absolute atomic E-state index is 6.06. The summed E-state index contributed by atoms with van der Waals surface area (Å²) in [7, 11) is 0. The molecule has 3 heteroatoms. The molecule has 1 aromatic carbocycles. The van der Waals surface area contributed by atoms with Crippen molar-refractivity contribution in [2.75, 3.05) is 11.4 Å². The van der Waals surface area contributed by atoms with Crippen LogP contribution in [0.1, 0.15) is 51.5 Å². The van der Waals surface area contributed by atoms with Crippen molar-refractivity contribution >= 4 is 21.6 Å². The Hall–Kier alpha value is -0.540. The molecular weight excluding hydrogens is 312 g/mol. The second-order valence-corrected chi connectivity index (χ2v) is 6.78. The Morgan fingerprint density at radius 2 is 2.10 bits per heavy atom. The van der Waals surface area contributed by atoms with Gasteiger partial charge in [-0.1, -0.05) is 42.3 Å². The topological polar surface area (TPSA) is 29.3 Å². The predicted molar refractivity (Wildman–Crippen MR) is 91.4 cm³/mol. The Kier molecular flexibility index (Phi) is 5.91. The highest BCUT2D eigenvalue weighted by Gasteiger charge is 2.28. The minimum Gasteiger partial charge on any atom is -0.369 e. The van der Waals surface area contributed by atoms with Crippen LogP contribution in [0.5, 0.6) is 0 Å². The summed E-state index contributed by atoms with van der Waals surface area (Å²) in [5.74, 6) is 0. The van der Waals surface area contributed by atoms with Gasteiger partial charge < -0.3 is 10.6 Å². The maximum atomic E-state index is 6.06. The van der Waals surface area contributed by atoms with Gasteiger partial charge >= 0.3 is 0 Å². The Bertz CT molecular complexity index is 429. The Morgan fingerprint density at radius 3 is 2.65 bits per heavy atom. The smallest absolute Gasteiger partial charge is 0.0380 e. The molecular formula is C17H27BrN2. The molecule has 2 rings (SSSR count). The van der Waals surface area contributed by atoms with Crippen LogP contribution in [0.3, 0.4) is 0 Å². The van der Waals surface area contributed by atoms with E-state index >= 15 is 0 Å². The normalized spacial score (nSPS) is 16.2. The molecule has 1 unspecified atom stereocenters. The summed E-state index contributed by atoms with van der Waals surface area (Å²) in [6.07, 6.45) is 7.21. The minimum atomic E-state index is 0.261. The van der Waals surface area contributed by atoms with Gasteiger partial charge in [-0.3, -0.25) is 0 Å². The molecule has 1 atom stereocenters. The van der Waals surface area contributed by atoms with Gasteiger partial charge in [-0.15, -0.1) is 0 Å². The van der Waals surface area contributed by atoms with Gasteiger partial charge in [0.1, 0.15) is 0 Å². The molecule has 0 aliphatic heterocycles. The fraction of sp³-hybridized carbons (Fsp3) is 0.647. The number of anilines is 1. The Balaban J connectivity index is 2.09. The van der Waals surface area contributed by atoms with Gasteiger partial charge in [0.05, 0.1) is 0 Å². The Morgan fingerprint density at radius 1 is 1.35 bits per heavy atom. The summed E-state index contributed by atoms with van der Waals surface area (Å²) in [6, 6.07) is 7.84. The quantitative estimate of drug-likeness (QED) is 0.756. The van der Waals surface area contributed by atoms with Crippen molar-refractivity contribution < 1.29 is 0 Å². The molecule has 1 aliphatic rings. The third kappa shape index (κ3) is 4.23. The van der Waals surface area contributed by atoms with Gasteiger partial charge in [-0.05, 0) is 49.8 Å². The third-order valence-electron chi connectivity index (χ3n) is 4.11. The largest absolute Gasteiger partial charge is 0.369 e. The van der Waals surface area contributed by atoms with Crippen LogP contribution in [0.4, 0.5) is 5.69 Å². The average Bonchev–Trinajstić information content (AvgIpc) is 3.26. The molecule has 112 valence electrons.